The van der Waals surface area contributed by atoms with Crippen molar-refractivity contribution >= 4 is 5.57 Å². The Morgan fingerprint density at radius 1 is 0.800 bits per heavy atom. The van der Waals surface area contributed by atoms with Crippen LogP contribution in [-0.2, 0) is 0 Å². The highest BCUT2D eigenvalue weighted by Crippen LogP contribution is 2.21. The van der Waals surface area contributed by atoms with Gasteiger partial charge in [0, 0.05) is 0 Å². The normalized spacial score (nSPS) is 9.93. The second-order valence-corrected chi connectivity index (χ2v) is 3.54. The molecule has 0 spiro atoms. The lowest BCUT2D eigenvalue weighted by Crippen LogP contribution is -1.86. The van der Waals surface area contributed by atoms with Crippen molar-refractivity contribution in [3.05, 3.63) is 84.8 Å². The monoisotopic (exact) mass is 193 g/mol. The van der Waals surface area contributed by atoms with Crippen LogP contribution in [0.25, 0.3) is 5.57 Å². The standard InChI is InChI=1S/C15H13/c1-12-7-6-10-15(11-12)13(2)14-8-4-3-5-9-14/h3-11H,1-2H2. The molecule has 0 bridgehead atoms. The van der Waals surface area contributed by atoms with Crippen LogP contribution < -0.4 is 0 Å². The molecule has 0 aliphatic carbocycles. The van der Waals surface area contributed by atoms with Crippen LogP contribution in [0.4, 0.5) is 0 Å². The average Bonchev–Trinajstić information content (AvgIpc) is 2.29. The second kappa shape index (κ2) is 4.14. The Kier molecular flexibility index (Phi) is 2.68. The van der Waals surface area contributed by atoms with Gasteiger partial charge in [0.05, 0.1) is 0 Å². The number of hydrogen-bond donors (Lipinski definition) is 0. The van der Waals surface area contributed by atoms with Crippen molar-refractivity contribution in [3.8, 4) is 0 Å². The van der Waals surface area contributed by atoms with E-state index in [0.717, 1.165) is 22.3 Å². The summed E-state index contributed by atoms with van der Waals surface area (Å²) in [5, 5.41) is 0. The summed E-state index contributed by atoms with van der Waals surface area (Å²) in [5.74, 6) is 0. The van der Waals surface area contributed by atoms with E-state index in [0.29, 0.717) is 0 Å². The number of benzene rings is 2. The Hall–Kier alpha value is -1.82. The first kappa shape index (κ1) is 9.72. The van der Waals surface area contributed by atoms with Crippen molar-refractivity contribution in [3.63, 3.8) is 0 Å². The highest BCUT2D eigenvalue weighted by molar-refractivity contribution is 5.78. The van der Waals surface area contributed by atoms with Gasteiger partial charge in [-0.3, -0.25) is 0 Å². The average molecular weight is 193 g/mol. The fraction of sp³-hybridized carbons (Fsp3) is 0. The zero-order chi connectivity index (χ0) is 10.7. The van der Waals surface area contributed by atoms with E-state index in [4.69, 9.17) is 0 Å². The third kappa shape index (κ3) is 2.16. The summed E-state index contributed by atoms with van der Waals surface area (Å²) in [7, 11) is 0. The van der Waals surface area contributed by atoms with E-state index in [1.54, 1.807) is 0 Å². The summed E-state index contributed by atoms with van der Waals surface area (Å²) >= 11 is 0. The molecule has 73 valence electrons. The summed E-state index contributed by atoms with van der Waals surface area (Å²) in [6, 6.07) is 18.3. The molecule has 0 amide bonds. The molecular formula is C15H13. The fourth-order valence-electron chi connectivity index (χ4n) is 1.57. The molecule has 0 nitrogen and oxygen atoms in total. The van der Waals surface area contributed by atoms with Crippen molar-refractivity contribution in [1.82, 2.24) is 0 Å². The number of hydrogen-bond acceptors (Lipinski definition) is 0. The van der Waals surface area contributed by atoms with Crippen molar-refractivity contribution in [2.45, 2.75) is 0 Å². The van der Waals surface area contributed by atoms with Gasteiger partial charge < -0.3 is 0 Å². The predicted molar refractivity (Wildman–Crippen MR) is 65.5 cm³/mol. The highest BCUT2D eigenvalue weighted by Gasteiger charge is 2.00. The van der Waals surface area contributed by atoms with E-state index in [2.05, 4.69) is 37.8 Å². The van der Waals surface area contributed by atoms with Gasteiger partial charge in [0.15, 0.2) is 0 Å². The van der Waals surface area contributed by atoms with Gasteiger partial charge in [-0.2, -0.15) is 0 Å². The molecule has 1 radical (unpaired) electrons. The maximum absolute atomic E-state index is 4.11. The second-order valence-electron chi connectivity index (χ2n) is 3.54. The smallest absolute Gasteiger partial charge is 0.0181 e. The van der Waals surface area contributed by atoms with E-state index in [1.807, 2.05) is 30.3 Å². The molecule has 0 aromatic heterocycles. The van der Waals surface area contributed by atoms with Crippen molar-refractivity contribution in [1.29, 1.82) is 0 Å². The Morgan fingerprint density at radius 2 is 1.47 bits per heavy atom. The van der Waals surface area contributed by atoms with Crippen molar-refractivity contribution in [2.24, 2.45) is 0 Å². The van der Waals surface area contributed by atoms with Crippen LogP contribution in [0.15, 0.2) is 61.2 Å². The van der Waals surface area contributed by atoms with Crippen LogP contribution in [0.2, 0.25) is 0 Å². The molecule has 0 saturated heterocycles. The van der Waals surface area contributed by atoms with E-state index in [1.165, 1.54) is 0 Å². The van der Waals surface area contributed by atoms with Gasteiger partial charge >= 0.3 is 0 Å². The largest absolute Gasteiger partial charge is 0.0906 e. The lowest BCUT2D eigenvalue weighted by atomic mass is 9.98. The Morgan fingerprint density at radius 3 is 2.13 bits per heavy atom. The lowest BCUT2D eigenvalue weighted by molar-refractivity contribution is 1.52. The third-order valence-corrected chi connectivity index (χ3v) is 2.40. The molecule has 0 atom stereocenters. The molecule has 0 heterocycles. The highest BCUT2D eigenvalue weighted by atomic mass is 14.0. The molecular weight excluding hydrogens is 180 g/mol. The third-order valence-electron chi connectivity index (χ3n) is 2.40. The first-order chi connectivity index (χ1) is 7.27. The van der Waals surface area contributed by atoms with E-state index >= 15 is 0 Å². The first-order valence-corrected chi connectivity index (χ1v) is 4.94. The Labute approximate surface area is 90.9 Å². The van der Waals surface area contributed by atoms with Crippen LogP contribution >= 0.6 is 0 Å². The van der Waals surface area contributed by atoms with Crippen molar-refractivity contribution < 1.29 is 0 Å². The van der Waals surface area contributed by atoms with Gasteiger partial charge in [-0.05, 0) is 29.2 Å². The minimum Gasteiger partial charge on any atom is -0.0906 e. The van der Waals surface area contributed by atoms with Gasteiger partial charge in [-0.15, -0.1) is 0 Å². The molecule has 0 unspecified atom stereocenters. The molecule has 0 N–H and O–H groups in total. The molecule has 0 saturated carbocycles. The van der Waals surface area contributed by atoms with Gasteiger partial charge in [0.25, 0.3) is 0 Å². The minimum absolute atomic E-state index is 1.02. The molecule has 2 aromatic rings. The van der Waals surface area contributed by atoms with E-state index in [-0.39, 0.29) is 0 Å². The summed E-state index contributed by atoms with van der Waals surface area (Å²) in [4.78, 5) is 0. The SMILES string of the molecule is [CH2]c1cccc(C(=C)c2ccccc2)c1. The first-order valence-electron chi connectivity index (χ1n) is 4.94. The van der Waals surface area contributed by atoms with Crippen molar-refractivity contribution in [2.75, 3.05) is 0 Å². The van der Waals surface area contributed by atoms with Gasteiger partial charge in [-0.25, -0.2) is 0 Å². The summed E-state index contributed by atoms with van der Waals surface area (Å²) in [5.41, 5.74) is 4.35. The van der Waals surface area contributed by atoms with Crippen LogP contribution in [0.5, 0.6) is 0 Å². The van der Waals surface area contributed by atoms with Gasteiger partial charge in [0.2, 0.25) is 0 Å². The summed E-state index contributed by atoms with van der Waals surface area (Å²) < 4.78 is 0. The molecule has 2 aromatic carbocycles. The van der Waals surface area contributed by atoms with Gasteiger partial charge in [0.1, 0.15) is 0 Å². The predicted octanol–water partition coefficient (Wildman–Crippen LogP) is 3.93. The van der Waals surface area contributed by atoms with Crippen LogP contribution in [-0.4, -0.2) is 0 Å². The zero-order valence-electron chi connectivity index (χ0n) is 8.61. The maximum Gasteiger partial charge on any atom is -0.0181 e. The quantitative estimate of drug-likeness (QED) is 0.678. The van der Waals surface area contributed by atoms with E-state index < -0.39 is 0 Å². The van der Waals surface area contributed by atoms with Crippen LogP contribution in [0.1, 0.15) is 16.7 Å². The molecule has 2 rings (SSSR count). The van der Waals surface area contributed by atoms with Gasteiger partial charge in [-0.1, -0.05) is 61.2 Å². The van der Waals surface area contributed by atoms with Crippen LogP contribution in [0.3, 0.4) is 0 Å². The van der Waals surface area contributed by atoms with Crippen LogP contribution in [0, 0.1) is 6.92 Å². The summed E-state index contributed by atoms with van der Waals surface area (Å²) in [6.07, 6.45) is 0. The molecule has 0 heteroatoms. The maximum atomic E-state index is 4.11. The lowest BCUT2D eigenvalue weighted by Gasteiger charge is -2.06. The topological polar surface area (TPSA) is 0 Å². The summed E-state index contributed by atoms with van der Waals surface area (Å²) in [6.45, 7) is 8.02. The molecule has 0 fully saturated rings. The minimum atomic E-state index is 1.02. The Balaban J connectivity index is 2.37. The molecule has 15 heavy (non-hydrogen) atoms. The number of rotatable bonds is 2. The zero-order valence-corrected chi connectivity index (χ0v) is 8.61. The fourth-order valence-corrected chi connectivity index (χ4v) is 1.57. The Bertz CT molecular complexity index is 466. The van der Waals surface area contributed by atoms with E-state index in [9.17, 15) is 0 Å². The molecule has 0 aliphatic heterocycles. The molecule has 0 aliphatic rings.